The van der Waals surface area contributed by atoms with Gasteiger partial charge in [-0.25, -0.2) is 8.78 Å². The van der Waals surface area contributed by atoms with Gasteiger partial charge in [-0.3, -0.25) is 4.79 Å². The molecule has 2 aliphatic rings. The van der Waals surface area contributed by atoms with Crippen molar-refractivity contribution in [1.82, 2.24) is 10.2 Å². The fraction of sp³-hybridized carbons (Fsp3) is 0.462. The number of benzene rings is 1. The fourth-order valence-electron chi connectivity index (χ4n) is 2.93. The summed E-state index contributed by atoms with van der Waals surface area (Å²) in [5.74, 6) is -1.35. The van der Waals surface area contributed by atoms with Crippen LogP contribution in [-0.2, 0) is 0 Å². The lowest BCUT2D eigenvalue weighted by molar-refractivity contribution is 0.0772. The van der Waals surface area contributed by atoms with E-state index in [1.165, 1.54) is 0 Å². The Labute approximate surface area is 118 Å². The highest BCUT2D eigenvalue weighted by molar-refractivity contribution is 9.10. The number of fused-ring (bicyclic) bond motifs is 1. The number of nitrogens with zero attached hydrogens (tertiary/aromatic N) is 1. The molecule has 2 saturated heterocycles. The van der Waals surface area contributed by atoms with Crippen LogP contribution in [0, 0.1) is 23.5 Å². The van der Waals surface area contributed by atoms with Crippen molar-refractivity contribution in [1.29, 1.82) is 0 Å². The molecule has 1 N–H and O–H groups in total. The third kappa shape index (κ3) is 2.27. The molecular formula is C13H13BrF2N2O. The highest BCUT2D eigenvalue weighted by Gasteiger charge is 2.39. The summed E-state index contributed by atoms with van der Waals surface area (Å²) in [6.45, 7) is 2.90. The lowest BCUT2D eigenvalue weighted by Crippen LogP contribution is -2.33. The molecule has 3 nitrogen and oxygen atoms in total. The quantitative estimate of drug-likeness (QED) is 0.854. The Kier molecular flexibility index (Phi) is 3.30. The van der Waals surface area contributed by atoms with Crippen molar-refractivity contribution in [2.75, 3.05) is 26.2 Å². The zero-order valence-corrected chi connectivity index (χ0v) is 11.7. The Bertz CT molecular complexity index is 502. The summed E-state index contributed by atoms with van der Waals surface area (Å²) in [5, 5.41) is 3.26. The topological polar surface area (TPSA) is 32.3 Å². The van der Waals surface area contributed by atoms with Gasteiger partial charge in [-0.1, -0.05) is 15.9 Å². The van der Waals surface area contributed by atoms with E-state index in [1.54, 1.807) is 4.90 Å². The summed E-state index contributed by atoms with van der Waals surface area (Å²) >= 11 is 3.01. The molecule has 6 heteroatoms. The average Bonchev–Trinajstić information content (AvgIpc) is 2.86. The smallest absolute Gasteiger partial charge is 0.259 e. The maximum absolute atomic E-state index is 13.8. The number of amides is 1. The van der Waals surface area contributed by atoms with E-state index in [0.717, 1.165) is 25.2 Å². The summed E-state index contributed by atoms with van der Waals surface area (Å²) in [6, 6.07) is 2.24. The zero-order valence-electron chi connectivity index (χ0n) is 10.1. The molecule has 2 atom stereocenters. The first kappa shape index (κ1) is 13.0. The van der Waals surface area contributed by atoms with Crippen LogP contribution >= 0.6 is 15.9 Å². The van der Waals surface area contributed by atoms with Crippen LogP contribution in [0.1, 0.15) is 10.4 Å². The van der Waals surface area contributed by atoms with Crippen molar-refractivity contribution >= 4 is 21.8 Å². The van der Waals surface area contributed by atoms with Crippen LogP contribution in [-0.4, -0.2) is 37.0 Å². The van der Waals surface area contributed by atoms with E-state index in [0.29, 0.717) is 29.4 Å². The molecule has 0 aliphatic carbocycles. The van der Waals surface area contributed by atoms with E-state index >= 15 is 0 Å². The van der Waals surface area contributed by atoms with Gasteiger partial charge in [0.05, 0.1) is 0 Å². The van der Waals surface area contributed by atoms with Crippen LogP contribution in [0.15, 0.2) is 16.6 Å². The number of hydrogen-bond acceptors (Lipinski definition) is 2. The molecular weight excluding hydrogens is 318 g/mol. The van der Waals surface area contributed by atoms with Crippen LogP contribution in [0.3, 0.4) is 0 Å². The summed E-state index contributed by atoms with van der Waals surface area (Å²) in [6.07, 6.45) is 0. The molecule has 2 heterocycles. The second-order valence-electron chi connectivity index (χ2n) is 5.13. The minimum absolute atomic E-state index is 0.293. The van der Waals surface area contributed by atoms with Crippen molar-refractivity contribution in [2.24, 2.45) is 11.8 Å². The highest BCUT2D eigenvalue weighted by atomic mass is 79.9. The predicted octanol–water partition coefficient (Wildman–Crippen LogP) is 2.02. The van der Waals surface area contributed by atoms with Crippen LogP contribution in [0.5, 0.6) is 0 Å². The number of nitrogens with one attached hydrogen (secondary N) is 1. The number of carbonyl (C=O) groups excluding carboxylic acids is 1. The van der Waals surface area contributed by atoms with Crippen molar-refractivity contribution in [3.8, 4) is 0 Å². The lowest BCUT2D eigenvalue weighted by atomic mass is 10.0. The maximum Gasteiger partial charge on any atom is 0.259 e. The molecule has 0 aromatic heterocycles. The Morgan fingerprint density at radius 3 is 2.26 bits per heavy atom. The summed E-state index contributed by atoms with van der Waals surface area (Å²) in [4.78, 5) is 13.8. The van der Waals surface area contributed by atoms with E-state index in [9.17, 15) is 13.6 Å². The number of hydrogen-bond donors (Lipinski definition) is 1. The lowest BCUT2D eigenvalue weighted by Gasteiger charge is -2.18. The normalized spacial score (nSPS) is 25.7. The standard InChI is InChI=1S/C13H13BrF2N2O/c14-9-1-10(15)12(11(16)2-9)13(19)18-5-7-3-17-4-8(7)6-18/h1-2,7-8,17H,3-6H2. The molecule has 2 unspecified atom stereocenters. The molecule has 0 radical (unpaired) electrons. The van der Waals surface area contributed by atoms with E-state index in [-0.39, 0.29) is 0 Å². The van der Waals surface area contributed by atoms with Gasteiger partial charge in [0.15, 0.2) is 0 Å². The second-order valence-corrected chi connectivity index (χ2v) is 6.05. The molecule has 1 aromatic rings. The summed E-state index contributed by atoms with van der Waals surface area (Å²) in [5.41, 5.74) is -0.448. The van der Waals surface area contributed by atoms with Gasteiger partial charge in [0, 0.05) is 30.7 Å². The zero-order chi connectivity index (χ0) is 13.6. The molecule has 2 aliphatic heterocycles. The highest BCUT2D eigenvalue weighted by Crippen LogP contribution is 2.29. The number of rotatable bonds is 1. The van der Waals surface area contributed by atoms with Gasteiger partial charge in [-0.2, -0.15) is 0 Å². The number of halogens is 3. The van der Waals surface area contributed by atoms with Crippen molar-refractivity contribution in [2.45, 2.75) is 0 Å². The molecule has 2 fully saturated rings. The molecule has 0 bridgehead atoms. The first-order valence-corrected chi connectivity index (χ1v) is 7.00. The molecule has 0 spiro atoms. The van der Waals surface area contributed by atoms with Gasteiger partial charge in [0.25, 0.3) is 5.91 Å². The maximum atomic E-state index is 13.8. The first-order chi connectivity index (χ1) is 9.06. The van der Waals surface area contributed by atoms with Crippen LogP contribution < -0.4 is 5.32 Å². The van der Waals surface area contributed by atoms with Crippen LogP contribution in [0.2, 0.25) is 0 Å². The van der Waals surface area contributed by atoms with Gasteiger partial charge in [0.2, 0.25) is 0 Å². The van der Waals surface area contributed by atoms with Crippen molar-refractivity contribution < 1.29 is 13.6 Å². The molecule has 3 rings (SSSR count). The van der Waals surface area contributed by atoms with Crippen LogP contribution in [0.25, 0.3) is 0 Å². The minimum Gasteiger partial charge on any atom is -0.338 e. The largest absolute Gasteiger partial charge is 0.338 e. The van der Waals surface area contributed by atoms with Crippen molar-refractivity contribution in [3.05, 3.63) is 33.8 Å². The Balaban J connectivity index is 1.85. The third-order valence-electron chi connectivity index (χ3n) is 3.90. The van der Waals surface area contributed by atoms with Gasteiger partial charge < -0.3 is 10.2 Å². The van der Waals surface area contributed by atoms with Crippen LogP contribution in [0.4, 0.5) is 8.78 Å². The monoisotopic (exact) mass is 330 g/mol. The molecule has 0 saturated carbocycles. The van der Waals surface area contributed by atoms with Crippen molar-refractivity contribution in [3.63, 3.8) is 0 Å². The minimum atomic E-state index is -0.813. The molecule has 102 valence electrons. The number of likely N-dealkylation sites (tertiary alicyclic amines) is 1. The Morgan fingerprint density at radius 2 is 1.74 bits per heavy atom. The van der Waals surface area contributed by atoms with E-state index in [1.807, 2.05) is 0 Å². The fourth-order valence-corrected chi connectivity index (χ4v) is 3.33. The third-order valence-corrected chi connectivity index (χ3v) is 4.36. The first-order valence-electron chi connectivity index (χ1n) is 6.21. The summed E-state index contributed by atoms with van der Waals surface area (Å²) in [7, 11) is 0. The predicted molar refractivity (Wildman–Crippen MR) is 69.8 cm³/mol. The Hall–Kier alpha value is -1.01. The van der Waals surface area contributed by atoms with Gasteiger partial charge in [-0.15, -0.1) is 0 Å². The molecule has 1 amide bonds. The van der Waals surface area contributed by atoms with E-state index in [2.05, 4.69) is 21.2 Å². The van der Waals surface area contributed by atoms with Gasteiger partial charge in [0.1, 0.15) is 17.2 Å². The Morgan fingerprint density at radius 1 is 1.21 bits per heavy atom. The molecule has 19 heavy (non-hydrogen) atoms. The average molecular weight is 331 g/mol. The SMILES string of the molecule is O=C(c1c(F)cc(Br)cc1F)N1CC2CNCC2C1. The van der Waals surface area contributed by atoms with E-state index < -0.39 is 23.1 Å². The summed E-state index contributed by atoms with van der Waals surface area (Å²) < 4.78 is 27.8. The molecule has 1 aromatic carbocycles. The number of carbonyl (C=O) groups is 1. The second kappa shape index (κ2) is 4.83. The van der Waals surface area contributed by atoms with Gasteiger partial charge >= 0.3 is 0 Å². The van der Waals surface area contributed by atoms with Gasteiger partial charge in [-0.05, 0) is 24.0 Å². The van der Waals surface area contributed by atoms with E-state index in [4.69, 9.17) is 0 Å².